The summed E-state index contributed by atoms with van der Waals surface area (Å²) in [7, 11) is 0. The first-order chi connectivity index (χ1) is 11.2. The lowest BCUT2D eigenvalue weighted by atomic mass is 10.3. The van der Waals surface area contributed by atoms with Crippen molar-refractivity contribution in [3.8, 4) is 0 Å². The van der Waals surface area contributed by atoms with Crippen molar-refractivity contribution >= 4 is 56.4 Å². The molecule has 1 aromatic carbocycles. The fraction of sp³-hybridized carbons (Fsp3) is 0.0588. The van der Waals surface area contributed by atoms with Crippen molar-refractivity contribution in [2.75, 3.05) is 0 Å². The Hall–Kier alpha value is -2.02. The lowest BCUT2D eigenvalue weighted by Gasteiger charge is -1.85. The zero-order chi connectivity index (χ0) is 15.8. The fourth-order valence-electron chi connectivity index (χ4n) is 2.24. The Morgan fingerprint density at radius 2 is 2.00 bits per heavy atom. The third kappa shape index (κ3) is 2.93. The summed E-state index contributed by atoms with van der Waals surface area (Å²) >= 11 is 4.74. The summed E-state index contributed by atoms with van der Waals surface area (Å²) < 4.78 is 2.70. The van der Waals surface area contributed by atoms with Crippen LogP contribution in [0.25, 0.3) is 22.4 Å². The van der Waals surface area contributed by atoms with Gasteiger partial charge in [0.2, 0.25) is 0 Å². The molecule has 0 saturated heterocycles. The van der Waals surface area contributed by atoms with E-state index < -0.39 is 0 Å². The van der Waals surface area contributed by atoms with Gasteiger partial charge < -0.3 is 4.98 Å². The van der Waals surface area contributed by atoms with E-state index in [1.807, 2.05) is 35.7 Å². The lowest BCUT2D eigenvalue weighted by molar-refractivity contribution is 1.25. The zero-order valence-electron chi connectivity index (χ0n) is 12.2. The van der Waals surface area contributed by atoms with E-state index in [0.717, 1.165) is 29.3 Å². The van der Waals surface area contributed by atoms with Gasteiger partial charge in [0.25, 0.3) is 5.56 Å². The van der Waals surface area contributed by atoms with Gasteiger partial charge in [-0.15, -0.1) is 34.0 Å². The molecule has 0 fully saturated rings. The number of fused-ring (bicyclic) bond motifs is 1. The minimum absolute atomic E-state index is 0.0461. The Balaban J connectivity index is 1.81. The monoisotopic (exact) mass is 356 g/mol. The molecule has 3 nitrogen and oxygen atoms in total. The van der Waals surface area contributed by atoms with E-state index in [9.17, 15) is 4.79 Å². The number of aromatic nitrogens is 2. The standard InChI is InChI=1S/C17H12N2OS3/c1-10-6-7-21-13(10)8-14-17(20)19-16(23-14)9-15-18-11-4-2-3-5-12(11)22-15/h2-9H,1H3,(H,19,20)/b14-8-,16-9+. The van der Waals surface area contributed by atoms with E-state index in [0.29, 0.717) is 0 Å². The van der Waals surface area contributed by atoms with Crippen LogP contribution in [-0.4, -0.2) is 9.97 Å². The number of benzene rings is 1. The van der Waals surface area contributed by atoms with Gasteiger partial charge in [0, 0.05) is 11.0 Å². The highest BCUT2D eigenvalue weighted by atomic mass is 32.1. The van der Waals surface area contributed by atoms with Crippen LogP contribution in [0.1, 0.15) is 15.4 Å². The predicted molar refractivity (Wildman–Crippen MR) is 100.0 cm³/mol. The number of para-hydroxylation sites is 1. The van der Waals surface area contributed by atoms with Crippen LogP contribution in [0.3, 0.4) is 0 Å². The van der Waals surface area contributed by atoms with Crippen LogP contribution in [0.2, 0.25) is 0 Å². The van der Waals surface area contributed by atoms with Crippen molar-refractivity contribution in [2.24, 2.45) is 0 Å². The molecular weight excluding hydrogens is 344 g/mol. The number of hydrogen-bond acceptors (Lipinski definition) is 5. The molecule has 0 unspecified atom stereocenters. The normalized spacial score (nSPS) is 13.3. The van der Waals surface area contributed by atoms with E-state index in [4.69, 9.17) is 0 Å². The fourth-order valence-corrected chi connectivity index (χ4v) is 5.03. The molecule has 3 aromatic heterocycles. The Bertz CT molecular complexity index is 1130. The zero-order valence-corrected chi connectivity index (χ0v) is 14.6. The largest absolute Gasteiger partial charge is 0.313 e. The molecule has 0 saturated carbocycles. The average Bonchev–Trinajstić information content (AvgIpc) is 3.20. The highest BCUT2D eigenvalue weighted by Gasteiger charge is 2.02. The summed E-state index contributed by atoms with van der Waals surface area (Å²) in [6.07, 6.45) is 3.90. The van der Waals surface area contributed by atoms with Gasteiger partial charge in [-0.05, 0) is 42.1 Å². The minimum Gasteiger partial charge on any atom is -0.313 e. The molecule has 0 aliphatic rings. The molecule has 0 aliphatic carbocycles. The summed E-state index contributed by atoms with van der Waals surface area (Å²) in [5.41, 5.74) is 2.14. The van der Waals surface area contributed by atoms with Gasteiger partial charge in [-0.1, -0.05) is 12.1 Å². The van der Waals surface area contributed by atoms with Gasteiger partial charge >= 0.3 is 0 Å². The first-order valence-electron chi connectivity index (χ1n) is 7.01. The summed E-state index contributed by atoms with van der Waals surface area (Å²) in [5, 5.41) is 2.94. The van der Waals surface area contributed by atoms with Crippen LogP contribution in [0, 0.1) is 6.92 Å². The van der Waals surface area contributed by atoms with Gasteiger partial charge in [-0.3, -0.25) is 4.79 Å². The van der Waals surface area contributed by atoms with Crippen LogP contribution in [0.5, 0.6) is 0 Å². The van der Waals surface area contributed by atoms with Crippen LogP contribution in [0.15, 0.2) is 40.5 Å². The Labute approximate surface area is 143 Å². The van der Waals surface area contributed by atoms with Crippen molar-refractivity contribution in [1.82, 2.24) is 9.97 Å². The number of aromatic amines is 1. The van der Waals surface area contributed by atoms with E-state index in [2.05, 4.69) is 29.0 Å². The average molecular weight is 356 g/mol. The Kier molecular flexibility index (Phi) is 3.72. The molecule has 0 spiro atoms. The van der Waals surface area contributed by atoms with Crippen LogP contribution in [0.4, 0.5) is 0 Å². The number of nitrogens with zero attached hydrogens (tertiary/aromatic N) is 1. The molecule has 0 atom stereocenters. The first kappa shape index (κ1) is 14.6. The summed E-state index contributed by atoms with van der Waals surface area (Å²) in [4.78, 5) is 20.8. The number of H-pyrrole nitrogens is 1. The quantitative estimate of drug-likeness (QED) is 0.600. The van der Waals surface area contributed by atoms with E-state index in [1.165, 1.54) is 16.9 Å². The second-order valence-electron chi connectivity index (χ2n) is 5.06. The van der Waals surface area contributed by atoms with E-state index in [-0.39, 0.29) is 5.56 Å². The van der Waals surface area contributed by atoms with Crippen molar-refractivity contribution in [2.45, 2.75) is 6.92 Å². The third-order valence-electron chi connectivity index (χ3n) is 3.41. The highest BCUT2D eigenvalue weighted by molar-refractivity contribution is 7.19. The smallest absolute Gasteiger partial charge is 0.266 e. The van der Waals surface area contributed by atoms with Gasteiger partial charge in [0.15, 0.2) is 0 Å². The van der Waals surface area contributed by atoms with Crippen molar-refractivity contribution in [3.63, 3.8) is 0 Å². The molecule has 0 aliphatic heterocycles. The molecular formula is C17H12N2OS3. The maximum Gasteiger partial charge on any atom is 0.266 e. The molecule has 4 aromatic rings. The minimum atomic E-state index is -0.0461. The molecule has 0 radical (unpaired) electrons. The maximum atomic E-state index is 12.1. The maximum absolute atomic E-state index is 12.1. The van der Waals surface area contributed by atoms with Gasteiger partial charge in [0.1, 0.15) is 5.01 Å². The number of aryl methyl sites for hydroxylation is 1. The summed E-state index contributed by atoms with van der Waals surface area (Å²) in [6.45, 7) is 2.05. The number of rotatable bonds is 2. The third-order valence-corrected chi connectivity index (χ3v) is 6.32. The van der Waals surface area contributed by atoms with Crippen molar-refractivity contribution in [3.05, 3.63) is 70.7 Å². The van der Waals surface area contributed by atoms with Gasteiger partial charge in [-0.25, -0.2) is 4.98 Å². The van der Waals surface area contributed by atoms with E-state index in [1.54, 1.807) is 22.7 Å². The molecule has 0 amide bonds. The molecule has 4 rings (SSSR count). The second kappa shape index (κ2) is 5.88. The van der Waals surface area contributed by atoms with Crippen molar-refractivity contribution in [1.29, 1.82) is 0 Å². The number of hydrogen-bond donors (Lipinski definition) is 1. The summed E-state index contributed by atoms with van der Waals surface area (Å²) in [6, 6.07) is 10.1. The molecule has 23 heavy (non-hydrogen) atoms. The molecule has 3 heterocycles. The van der Waals surface area contributed by atoms with Gasteiger partial charge in [0.05, 0.1) is 19.4 Å². The predicted octanol–water partition coefficient (Wildman–Crippen LogP) is 3.07. The number of nitrogens with one attached hydrogen (secondary N) is 1. The first-order valence-corrected chi connectivity index (χ1v) is 9.52. The van der Waals surface area contributed by atoms with Crippen LogP contribution < -0.4 is 14.8 Å². The second-order valence-corrected chi connectivity index (χ2v) is 8.15. The lowest BCUT2D eigenvalue weighted by Crippen LogP contribution is -2.19. The van der Waals surface area contributed by atoms with E-state index >= 15 is 0 Å². The van der Waals surface area contributed by atoms with Gasteiger partial charge in [-0.2, -0.15) is 0 Å². The van der Waals surface area contributed by atoms with Crippen molar-refractivity contribution < 1.29 is 0 Å². The van der Waals surface area contributed by atoms with Crippen LogP contribution in [-0.2, 0) is 0 Å². The van der Waals surface area contributed by atoms with Crippen LogP contribution >= 0.6 is 34.0 Å². The molecule has 0 bridgehead atoms. The SMILES string of the molecule is Cc1ccsc1/C=c1\s/c(=C/c2nc3ccccc3s2)[nH]c1=O. The Morgan fingerprint density at radius 1 is 1.13 bits per heavy atom. The molecule has 6 heteroatoms. The number of thiazole rings is 2. The highest BCUT2D eigenvalue weighted by Crippen LogP contribution is 2.21. The molecule has 114 valence electrons. The summed E-state index contributed by atoms with van der Waals surface area (Å²) in [5.74, 6) is 0. The molecule has 1 N–H and O–H groups in total. The Morgan fingerprint density at radius 3 is 2.78 bits per heavy atom. The number of thiophene rings is 1. The topological polar surface area (TPSA) is 45.8 Å².